The highest BCUT2D eigenvalue weighted by Gasteiger charge is 2.41. The van der Waals surface area contributed by atoms with E-state index in [1.807, 2.05) is 0 Å². The Morgan fingerprint density at radius 1 is 1.23 bits per heavy atom. The van der Waals surface area contributed by atoms with Gasteiger partial charge in [0, 0.05) is 27.9 Å². The number of ether oxygens (including phenoxy) is 2. The van der Waals surface area contributed by atoms with Crippen molar-refractivity contribution in [2.45, 2.75) is 12.3 Å². The lowest BCUT2D eigenvalue weighted by molar-refractivity contribution is -0.384. The first-order chi connectivity index (χ1) is 16.4. The molecule has 0 unspecified atom stereocenters. The maximum absolute atomic E-state index is 13.2. The average molecular weight is 552 g/mol. The third kappa shape index (κ3) is 6.26. The topological polar surface area (TPSA) is 103 Å². The lowest BCUT2D eigenvalue weighted by Gasteiger charge is -2.17. The number of carbonyl (C=O) groups excluding carboxylic acids is 1. The summed E-state index contributed by atoms with van der Waals surface area (Å²) in [4.78, 5) is 22.4. The molecule has 3 aromatic rings. The third-order valence-electron chi connectivity index (χ3n) is 4.37. The molecule has 0 bridgehead atoms. The molecule has 2 N–H and O–H groups in total. The van der Waals surface area contributed by atoms with E-state index >= 15 is 0 Å². The van der Waals surface area contributed by atoms with Crippen LogP contribution in [0.1, 0.15) is 9.67 Å². The average Bonchev–Trinajstić information content (AvgIpc) is 3.12. The summed E-state index contributed by atoms with van der Waals surface area (Å²) in [6, 6.07) is 7.88. The summed E-state index contributed by atoms with van der Waals surface area (Å²) >= 11 is 12.5. The fourth-order valence-electron chi connectivity index (χ4n) is 2.75. The van der Waals surface area contributed by atoms with Gasteiger partial charge < -0.3 is 20.1 Å². The Kier molecular flexibility index (Phi) is 7.97. The zero-order chi connectivity index (χ0) is 25.9. The predicted molar refractivity (Wildman–Crippen MR) is 128 cm³/mol. The Labute approximate surface area is 208 Å². The summed E-state index contributed by atoms with van der Waals surface area (Å²) in [5.74, 6) is -5.46. The number of carbonyl (C=O) groups is 1. The molecule has 0 aliphatic rings. The van der Waals surface area contributed by atoms with Crippen molar-refractivity contribution in [3.8, 4) is 5.75 Å². The van der Waals surface area contributed by atoms with E-state index in [-0.39, 0.29) is 20.7 Å². The number of thiophene rings is 1. The van der Waals surface area contributed by atoms with Gasteiger partial charge in [-0.05, 0) is 30.4 Å². The van der Waals surface area contributed by atoms with Crippen LogP contribution in [0.15, 0.2) is 36.4 Å². The monoisotopic (exact) mass is 551 g/mol. The van der Waals surface area contributed by atoms with Crippen molar-refractivity contribution in [2.75, 3.05) is 24.4 Å². The van der Waals surface area contributed by atoms with E-state index in [9.17, 15) is 32.5 Å². The van der Waals surface area contributed by atoms with Gasteiger partial charge in [0.05, 0.1) is 28.8 Å². The van der Waals surface area contributed by atoms with Crippen LogP contribution in [0.5, 0.6) is 5.75 Å². The van der Waals surface area contributed by atoms with Gasteiger partial charge in [-0.25, -0.2) is 13.6 Å². The van der Waals surface area contributed by atoms with Crippen LogP contribution in [0.25, 0.3) is 10.1 Å². The molecule has 0 saturated heterocycles. The van der Waals surface area contributed by atoms with Crippen molar-refractivity contribution >= 4 is 73.4 Å². The van der Waals surface area contributed by atoms with E-state index in [4.69, 9.17) is 28.6 Å². The molecule has 0 aliphatic heterocycles. The van der Waals surface area contributed by atoms with Crippen LogP contribution in [0.2, 0.25) is 5.02 Å². The number of hydrogen-bond donors (Lipinski definition) is 2. The van der Waals surface area contributed by atoms with Crippen LogP contribution < -0.4 is 15.4 Å². The molecule has 0 spiro atoms. The van der Waals surface area contributed by atoms with Gasteiger partial charge in [-0.2, -0.15) is 8.78 Å². The number of anilines is 2. The molecule has 3 rings (SSSR count). The number of nitrogens with one attached hydrogen (secondary N) is 2. The van der Waals surface area contributed by atoms with Crippen LogP contribution in [-0.4, -0.2) is 42.1 Å². The molecule has 0 aliphatic carbocycles. The largest absolute Gasteiger partial charge is 0.487 e. The summed E-state index contributed by atoms with van der Waals surface area (Å²) in [5, 5.41) is 17.5. The number of nitro benzene ring substituents is 1. The summed E-state index contributed by atoms with van der Waals surface area (Å²) in [6.45, 7) is -1.68. The number of halogens is 5. The Morgan fingerprint density at radius 2 is 1.91 bits per heavy atom. The number of non-ortho nitro benzene ring substituents is 1. The van der Waals surface area contributed by atoms with E-state index in [0.717, 1.165) is 29.5 Å². The summed E-state index contributed by atoms with van der Waals surface area (Å²) in [6.07, 6.45) is -3.96. The number of fused-ring (bicyclic) bond motifs is 1. The number of esters is 1. The smallest absolute Gasteiger partial charge is 0.349 e. The fourth-order valence-corrected chi connectivity index (χ4v) is 4.45. The normalized spacial score (nSPS) is 11.4. The van der Waals surface area contributed by atoms with E-state index in [1.165, 1.54) is 7.11 Å². The number of nitrogens with zero attached hydrogens (tertiary/aromatic N) is 1. The van der Waals surface area contributed by atoms with Gasteiger partial charge in [0.1, 0.15) is 10.6 Å². The summed E-state index contributed by atoms with van der Waals surface area (Å²) < 4.78 is 61.0. The summed E-state index contributed by atoms with van der Waals surface area (Å²) in [7, 11) is 1.23. The van der Waals surface area contributed by atoms with Gasteiger partial charge in [0.2, 0.25) is 0 Å². The van der Waals surface area contributed by atoms with Crippen molar-refractivity contribution in [1.29, 1.82) is 0 Å². The number of benzene rings is 2. The number of hydrogen-bond acceptors (Lipinski definition) is 7. The molecule has 2 aromatic carbocycles. The van der Waals surface area contributed by atoms with Crippen LogP contribution in [-0.2, 0) is 4.74 Å². The first-order valence-electron chi connectivity index (χ1n) is 9.38. The molecule has 0 amide bonds. The van der Waals surface area contributed by atoms with E-state index in [2.05, 4.69) is 15.4 Å². The zero-order valence-corrected chi connectivity index (χ0v) is 19.8. The van der Waals surface area contributed by atoms with E-state index in [0.29, 0.717) is 15.8 Å². The van der Waals surface area contributed by atoms with Crippen molar-refractivity contribution in [1.82, 2.24) is 0 Å². The highest BCUT2D eigenvalue weighted by Crippen LogP contribution is 2.37. The molecule has 1 heterocycles. The van der Waals surface area contributed by atoms with Crippen molar-refractivity contribution in [2.24, 2.45) is 0 Å². The molecule has 0 atom stereocenters. The highest BCUT2D eigenvalue weighted by atomic mass is 35.5. The third-order valence-corrected chi connectivity index (χ3v) is 6.21. The molecule has 186 valence electrons. The van der Waals surface area contributed by atoms with E-state index < -0.39 is 41.3 Å². The second-order valence-electron chi connectivity index (χ2n) is 6.85. The fraction of sp³-hybridized carbons (Fsp3) is 0.200. The van der Waals surface area contributed by atoms with E-state index in [1.54, 1.807) is 18.2 Å². The molecular formula is C20H14ClF4N3O5S2. The first-order valence-corrected chi connectivity index (χ1v) is 11.0. The number of thiocarbonyl (C=S) groups is 1. The summed E-state index contributed by atoms with van der Waals surface area (Å²) in [5.41, 5.74) is -0.0822. The van der Waals surface area contributed by atoms with Crippen LogP contribution in [0, 0.1) is 10.1 Å². The SMILES string of the molecule is COC(=O)c1sc2cc(NC(=S)Nc3cc(OCC(F)(F)C(F)F)cc([N+](=O)[O-])c3)ccc2c1Cl. The van der Waals surface area contributed by atoms with Crippen LogP contribution in [0.3, 0.4) is 0 Å². The minimum Gasteiger partial charge on any atom is -0.487 e. The number of rotatable bonds is 8. The lowest BCUT2D eigenvalue weighted by atomic mass is 10.2. The second kappa shape index (κ2) is 10.6. The van der Waals surface area contributed by atoms with Crippen molar-refractivity contribution in [3.63, 3.8) is 0 Å². The molecule has 15 heteroatoms. The van der Waals surface area contributed by atoms with Crippen LogP contribution >= 0.6 is 35.2 Å². The van der Waals surface area contributed by atoms with Gasteiger partial charge in [-0.3, -0.25) is 10.1 Å². The van der Waals surface area contributed by atoms with Gasteiger partial charge in [-0.15, -0.1) is 11.3 Å². The molecular weight excluding hydrogens is 538 g/mol. The maximum atomic E-state index is 13.2. The molecule has 1 aromatic heterocycles. The molecule has 0 radical (unpaired) electrons. The van der Waals surface area contributed by atoms with Crippen LogP contribution in [0.4, 0.5) is 34.6 Å². The number of alkyl halides is 4. The Morgan fingerprint density at radius 3 is 2.54 bits per heavy atom. The Hall–Kier alpha value is -3.23. The highest BCUT2D eigenvalue weighted by molar-refractivity contribution is 7.80. The number of methoxy groups -OCH3 is 1. The Bertz CT molecular complexity index is 1310. The molecule has 0 saturated carbocycles. The molecule has 8 nitrogen and oxygen atoms in total. The van der Waals surface area contributed by atoms with Gasteiger partial charge in [-0.1, -0.05) is 11.6 Å². The number of nitro groups is 1. The quantitative estimate of drug-likeness (QED) is 0.110. The predicted octanol–water partition coefficient (Wildman–Crippen LogP) is 6.34. The maximum Gasteiger partial charge on any atom is 0.349 e. The van der Waals surface area contributed by atoms with Gasteiger partial charge >= 0.3 is 18.3 Å². The van der Waals surface area contributed by atoms with Crippen molar-refractivity contribution < 1.29 is 36.8 Å². The standard InChI is InChI=1S/C20H14ClF4N3O5S2/c1-32-17(29)16-15(21)13-3-2-9(6-14(13)35-16)26-19(34)27-10-4-11(28(30)31)7-12(5-10)33-8-20(24,25)18(22)23/h2-7,18H,8H2,1H3,(H2,26,27,34). The second-order valence-corrected chi connectivity index (χ2v) is 8.69. The molecule has 0 fully saturated rings. The minimum absolute atomic E-state index is 0.0136. The van der Waals surface area contributed by atoms with Gasteiger partial charge in [0.25, 0.3) is 5.69 Å². The van der Waals surface area contributed by atoms with Gasteiger partial charge in [0.15, 0.2) is 11.7 Å². The zero-order valence-electron chi connectivity index (χ0n) is 17.4. The Balaban J connectivity index is 1.77. The van der Waals surface area contributed by atoms with Crippen molar-refractivity contribution in [3.05, 3.63) is 56.4 Å². The first kappa shape index (κ1) is 26.4. The minimum atomic E-state index is -4.44. The lowest BCUT2D eigenvalue weighted by Crippen LogP contribution is -2.33. The molecule has 35 heavy (non-hydrogen) atoms.